The van der Waals surface area contributed by atoms with Crippen LogP contribution in [0.1, 0.15) is 20.8 Å². The average molecular weight is 366 g/mol. The molecule has 1 aliphatic heterocycles. The van der Waals surface area contributed by atoms with Gasteiger partial charge in [0.2, 0.25) is 0 Å². The highest BCUT2D eigenvalue weighted by Gasteiger charge is 2.45. The molecule has 2 nitrogen and oxygen atoms in total. The molecule has 0 aliphatic carbocycles. The van der Waals surface area contributed by atoms with Gasteiger partial charge < -0.3 is 9.31 Å². The third kappa shape index (κ3) is 2.66. The first-order valence-corrected chi connectivity index (χ1v) is 9.88. The van der Waals surface area contributed by atoms with Crippen LogP contribution in [0.25, 0.3) is 32.7 Å². The summed E-state index contributed by atoms with van der Waals surface area (Å²) in [6, 6.07) is 27.8. The highest BCUT2D eigenvalue weighted by Crippen LogP contribution is 2.37. The zero-order chi connectivity index (χ0) is 19.3. The van der Waals surface area contributed by atoms with Crippen LogP contribution in [0.4, 0.5) is 0 Å². The Kier molecular flexibility index (Phi) is 4.04. The Hall–Kier alpha value is -2.62. The van der Waals surface area contributed by atoms with Crippen molar-refractivity contribution in [3.05, 3.63) is 78.9 Å². The fourth-order valence-electron chi connectivity index (χ4n) is 4.21. The minimum absolute atomic E-state index is 0.0313. The van der Waals surface area contributed by atoms with E-state index in [-0.39, 0.29) is 18.8 Å². The summed E-state index contributed by atoms with van der Waals surface area (Å²) in [5, 5.41) is 4.84. The Morgan fingerprint density at radius 2 is 1.21 bits per heavy atom. The molecule has 138 valence electrons. The molecule has 1 heterocycles. The van der Waals surface area contributed by atoms with E-state index < -0.39 is 0 Å². The van der Waals surface area contributed by atoms with E-state index in [0.717, 1.165) is 5.46 Å². The second kappa shape index (κ2) is 6.47. The Bertz CT molecular complexity index is 1110. The fraction of sp³-hybridized carbons (Fsp3) is 0.200. The minimum atomic E-state index is -0.371. The van der Waals surface area contributed by atoms with Crippen LogP contribution in [0.2, 0.25) is 0 Å². The van der Waals surface area contributed by atoms with Gasteiger partial charge in [-0.2, -0.15) is 0 Å². The predicted octanol–water partition coefficient (Wildman–Crippen LogP) is 5.57. The lowest BCUT2D eigenvalue weighted by atomic mass is 9.71. The third-order valence-electron chi connectivity index (χ3n) is 5.99. The molecule has 0 spiro atoms. The van der Waals surface area contributed by atoms with E-state index in [1.165, 1.54) is 32.7 Å². The molecular formula is C25H23BO2. The van der Waals surface area contributed by atoms with Crippen molar-refractivity contribution in [3.63, 3.8) is 0 Å². The van der Waals surface area contributed by atoms with E-state index in [4.69, 9.17) is 9.31 Å². The van der Waals surface area contributed by atoms with Crippen LogP contribution in [0, 0.1) is 0 Å². The lowest BCUT2D eigenvalue weighted by molar-refractivity contribution is 0.0842. The van der Waals surface area contributed by atoms with E-state index in [2.05, 4.69) is 99.6 Å². The molecule has 4 aromatic carbocycles. The summed E-state index contributed by atoms with van der Waals surface area (Å²) in [6.07, 6.45) is 0.0313. The minimum Gasteiger partial charge on any atom is -0.402 e. The van der Waals surface area contributed by atoms with Gasteiger partial charge in [0.1, 0.15) is 0 Å². The monoisotopic (exact) mass is 366 g/mol. The van der Waals surface area contributed by atoms with Gasteiger partial charge in [-0.15, -0.1) is 0 Å². The van der Waals surface area contributed by atoms with E-state index in [1.807, 2.05) is 0 Å². The van der Waals surface area contributed by atoms with Gasteiger partial charge in [0.15, 0.2) is 0 Å². The van der Waals surface area contributed by atoms with E-state index in [9.17, 15) is 0 Å². The molecule has 0 saturated carbocycles. The second-order valence-corrected chi connectivity index (χ2v) is 8.08. The van der Waals surface area contributed by atoms with E-state index >= 15 is 0 Å². The Morgan fingerprint density at radius 1 is 0.714 bits per heavy atom. The molecule has 3 heteroatoms. The van der Waals surface area contributed by atoms with Crippen molar-refractivity contribution in [2.45, 2.75) is 32.5 Å². The Morgan fingerprint density at radius 3 is 1.71 bits per heavy atom. The van der Waals surface area contributed by atoms with Crippen molar-refractivity contribution in [1.29, 1.82) is 0 Å². The number of fused-ring (bicyclic) bond motifs is 2. The van der Waals surface area contributed by atoms with Crippen LogP contribution in [-0.2, 0) is 9.31 Å². The molecule has 0 bridgehead atoms. The maximum atomic E-state index is 6.39. The molecule has 5 rings (SSSR count). The molecule has 1 atom stereocenters. The first kappa shape index (κ1) is 17.5. The summed E-state index contributed by atoms with van der Waals surface area (Å²) in [7, 11) is -0.371. The number of benzene rings is 4. The molecule has 1 saturated heterocycles. The average Bonchev–Trinajstić information content (AvgIpc) is 2.98. The Labute approximate surface area is 166 Å². The van der Waals surface area contributed by atoms with Crippen molar-refractivity contribution in [3.8, 4) is 11.1 Å². The first-order valence-electron chi connectivity index (χ1n) is 9.88. The smallest absolute Gasteiger partial charge is 0.402 e. The molecule has 0 N–H and O–H groups in total. The summed E-state index contributed by atoms with van der Waals surface area (Å²) in [5.74, 6) is 0. The molecule has 1 unspecified atom stereocenters. The van der Waals surface area contributed by atoms with Crippen LogP contribution in [0.15, 0.2) is 78.9 Å². The number of hydrogen-bond acceptors (Lipinski definition) is 2. The number of hydrogen-bond donors (Lipinski definition) is 0. The number of rotatable bonds is 2. The summed E-state index contributed by atoms with van der Waals surface area (Å²) in [6.45, 7) is 6.28. The zero-order valence-electron chi connectivity index (χ0n) is 16.5. The van der Waals surface area contributed by atoms with Gasteiger partial charge in [-0.3, -0.25) is 0 Å². The van der Waals surface area contributed by atoms with E-state index in [0.29, 0.717) is 0 Å². The molecule has 1 aliphatic rings. The van der Waals surface area contributed by atoms with Crippen LogP contribution >= 0.6 is 0 Å². The van der Waals surface area contributed by atoms with Gasteiger partial charge in [0.05, 0.1) is 11.7 Å². The maximum absolute atomic E-state index is 6.39. The molecular weight excluding hydrogens is 343 g/mol. The van der Waals surface area contributed by atoms with Crippen LogP contribution in [0.5, 0.6) is 0 Å². The summed E-state index contributed by atoms with van der Waals surface area (Å²) in [4.78, 5) is 0. The van der Waals surface area contributed by atoms with Gasteiger partial charge in [0, 0.05) is 0 Å². The van der Waals surface area contributed by atoms with Crippen LogP contribution < -0.4 is 5.46 Å². The quantitative estimate of drug-likeness (QED) is 0.341. The lowest BCUT2D eigenvalue weighted by Gasteiger charge is -2.22. The van der Waals surface area contributed by atoms with Gasteiger partial charge in [-0.05, 0) is 58.9 Å². The van der Waals surface area contributed by atoms with Gasteiger partial charge in [-0.25, -0.2) is 0 Å². The zero-order valence-corrected chi connectivity index (χ0v) is 16.5. The lowest BCUT2D eigenvalue weighted by Crippen LogP contribution is -2.36. The fourth-order valence-corrected chi connectivity index (χ4v) is 4.21. The van der Waals surface area contributed by atoms with Crippen molar-refractivity contribution in [2.24, 2.45) is 0 Å². The predicted molar refractivity (Wildman–Crippen MR) is 118 cm³/mol. The highest BCUT2D eigenvalue weighted by molar-refractivity contribution is 6.68. The van der Waals surface area contributed by atoms with Gasteiger partial charge in [-0.1, -0.05) is 78.9 Å². The normalized spacial score (nSPS) is 18.8. The molecule has 28 heavy (non-hydrogen) atoms. The molecule has 0 radical (unpaired) electrons. The van der Waals surface area contributed by atoms with Crippen LogP contribution in [0.3, 0.4) is 0 Å². The highest BCUT2D eigenvalue weighted by atomic mass is 16.7. The topological polar surface area (TPSA) is 18.5 Å². The van der Waals surface area contributed by atoms with Crippen molar-refractivity contribution in [2.75, 3.05) is 0 Å². The summed E-state index contributed by atoms with van der Waals surface area (Å²) in [5.41, 5.74) is 3.30. The molecule has 4 aromatic rings. The second-order valence-electron chi connectivity index (χ2n) is 8.08. The standard InChI is InChI=1S/C25H23BO2/c1-17-25(2,3)28-26(27-17)24-21-15-9-7-13-19(21)23(18-11-5-4-6-12-18)20-14-8-10-16-22(20)24/h4-17H,1-3H3. The maximum Gasteiger partial charge on any atom is 0.495 e. The van der Waals surface area contributed by atoms with Crippen LogP contribution in [-0.4, -0.2) is 18.8 Å². The summed E-state index contributed by atoms with van der Waals surface area (Å²) < 4.78 is 12.7. The molecule has 1 fully saturated rings. The van der Waals surface area contributed by atoms with E-state index in [1.54, 1.807) is 0 Å². The Balaban J connectivity index is 1.88. The largest absolute Gasteiger partial charge is 0.495 e. The van der Waals surface area contributed by atoms with Crippen molar-refractivity contribution in [1.82, 2.24) is 0 Å². The van der Waals surface area contributed by atoms with Gasteiger partial charge in [0.25, 0.3) is 0 Å². The van der Waals surface area contributed by atoms with Crippen molar-refractivity contribution >= 4 is 34.1 Å². The SMILES string of the molecule is CC1OB(c2c3ccccc3c(-c3ccccc3)c3ccccc23)OC1(C)C. The summed E-state index contributed by atoms with van der Waals surface area (Å²) >= 11 is 0. The third-order valence-corrected chi connectivity index (χ3v) is 5.99. The van der Waals surface area contributed by atoms with Crippen molar-refractivity contribution < 1.29 is 9.31 Å². The molecule has 0 aromatic heterocycles. The first-order chi connectivity index (χ1) is 13.6. The molecule has 0 amide bonds. The van der Waals surface area contributed by atoms with Gasteiger partial charge >= 0.3 is 7.12 Å².